The quantitative estimate of drug-likeness (QED) is 0.432. The van der Waals surface area contributed by atoms with Gasteiger partial charge in [0.1, 0.15) is 6.61 Å². The van der Waals surface area contributed by atoms with E-state index in [1.54, 1.807) is 6.08 Å². The van der Waals surface area contributed by atoms with E-state index in [2.05, 4.69) is 33.9 Å². The van der Waals surface area contributed by atoms with E-state index in [1.165, 1.54) is 0 Å². The van der Waals surface area contributed by atoms with Gasteiger partial charge in [-0.15, -0.1) is 0 Å². The van der Waals surface area contributed by atoms with Crippen LogP contribution in [0.1, 0.15) is 20.8 Å². The lowest BCUT2D eigenvalue weighted by Gasteiger charge is -2.21. The molecule has 0 aliphatic heterocycles. The van der Waals surface area contributed by atoms with Crippen molar-refractivity contribution < 1.29 is 4.74 Å². The molecule has 0 fully saturated rings. The van der Waals surface area contributed by atoms with Crippen LogP contribution in [0.5, 0.6) is 0 Å². The van der Waals surface area contributed by atoms with Gasteiger partial charge in [0.15, 0.2) is 0 Å². The molecule has 1 heteroatoms. The zero-order valence-electron chi connectivity index (χ0n) is 7.11. The molecule has 0 heterocycles. The first-order valence-corrected chi connectivity index (χ1v) is 3.41. The van der Waals surface area contributed by atoms with E-state index in [0.29, 0.717) is 6.61 Å². The summed E-state index contributed by atoms with van der Waals surface area (Å²) >= 11 is 0. The van der Waals surface area contributed by atoms with E-state index >= 15 is 0 Å². The average Bonchev–Trinajstić information content (AvgIpc) is 1.80. The minimum atomic E-state index is 0.0447. The maximum Gasteiger partial charge on any atom is 0.106 e. The Balaban J connectivity index is 3.74. The summed E-state index contributed by atoms with van der Waals surface area (Å²) in [6.07, 6.45) is 1.72. The molecule has 0 aromatic carbocycles. The van der Waals surface area contributed by atoms with Crippen LogP contribution in [-0.4, -0.2) is 6.61 Å². The molecule has 0 aliphatic carbocycles. The van der Waals surface area contributed by atoms with Crippen molar-refractivity contribution in [2.24, 2.45) is 5.41 Å². The Morgan fingerprint density at radius 2 is 2.00 bits per heavy atom. The van der Waals surface area contributed by atoms with Crippen molar-refractivity contribution in [1.82, 2.24) is 0 Å². The molecule has 10 heavy (non-hydrogen) atoms. The van der Waals surface area contributed by atoms with E-state index in [1.807, 2.05) is 0 Å². The number of allylic oxidation sites excluding steroid dienone is 1. The molecule has 0 aromatic heterocycles. The molecular formula is C9H16O. The van der Waals surface area contributed by atoms with Crippen LogP contribution in [0.3, 0.4) is 0 Å². The van der Waals surface area contributed by atoms with Gasteiger partial charge in [-0.25, -0.2) is 0 Å². The van der Waals surface area contributed by atoms with E-state index in [0.717, 1.165) is 5.76 Å². The molecule has 0 saturated carbocycles. The lowest BCUT2D eigenvalue weighted by atomic mass is 9.95. The molecular weight excluding hydrogens is 124 g/mol. The van der Waals surface area contributed by atoms with Gasteiger partial charge in [0.2, 0.25) is 0 Å². The molecule has 0 atom stereocenters. The van der Waals surface area contributed by atoms with Gasteiger partial charge in [0.25, 0.3) is 0 Å². The summed E-state index contributed by atoms with van der Waals surface area (Å²) in [6.45, 7) is 14.1. The zero-order chi connectivity index (χ0) is 8.20. The monoisotopic (exact) mass is 140 g/mol. The molecule has 0 rings (SSSR count). The Hall–Kier alpha value is -0.720. The summed E-state index contributed by atoms with van der Waals surface area (Å²) in [5.41, 5.74) is 0.0447. The minimum Gasteiger partial charge on any atom is -0.494 e. The molecule has 0 saturated heterocycles. The maximum atomic E-state index is 5.24. The van der Waals surface area contributed by atoms with Crippen LogP contribution >= 0.6 is 0 Å². The van der Waals surface area contributed by atoms with Crippen LogP contribution in [0.25, 0.3) is 0 Å². The summed E-state index contributed by atoms with van der Waals surface area (Å²) in [5.74, 6) is 0.812. The van der Waals surface area contributed by atoms with Gasteiger partial charge < -0.3 is 4.74 Å². The van der Waals surface area contributed by atoms with Crippen LogP contribution in [0, 0.1) is 5.41 Å². The highest BCUT2D eigenvalue weighted by Crippen LogP contribution is 2.23. The van der Waals surface area contributed by atoms with Crippen molar-refractivity contribution >= 4 is 0 Å². The molecule has 0 aromatic rings. The van der Waals surface area contributed by atoms with Crippen LogP contribution in [0.4, 0.5) is 0 Å². The fourth-order valence-corrected chi connectivity index (χ4v) is 0.376. The van der Waals surface area contributed by atoms with Crippen molar-refractivity contribution in [3.05, 3.63) is 25.0 Å². The molecule has 0 spiro atoms. The van der Waals surface area contributed by atoms with Crippen molar-refractivity contribution in [2.75, 3.05) is 6.61 Å². The van der Waals surface area contributed by atoms with E-state index < -0.39 is 0 Å². The van der Waals surface area contributed by atoms with Crippen LogP contribution in [-0.2, 0) is 4.74 Å². The summed E-state index contributed by atoms with van der Waals surface area (Å²) in [4.78, 5) is 0. The van der Waals surface area contributed by atoms with E-state index in [-0.39, 0.29) is 5.41 Å². The van der Waals surface area contributed by atoms with Gasteiger partial charge >= 0.3 is 0 Å². The van der Waals surface area contributed by atoms with Crippen molar-refractivity contribution in [3.63, 3.8) is 0 Å². The molecule has 0 amide bonds. The van der Waals surface area contributed by atoms with Gasteiger partial charge in [-0.3, -0.25) is 0 Å². The Morgan fingerprint density at radius 1 is 1.50 bits per heavy atom. The average molecular weight is 140 g/mol. The first kappa shape index (κ1) is 9.28. The Morgan fingerprint density at radius 3 is 2.30 bits per heavy atom. The highest BCUT2D eigenvalue weighted by Gasteiger charge is 2.15. The van der Waals surface area contributed by atoms with Crippen molar-refractivity contribution in [2.45, 2.75) is 20.8 Å². The Labute approximate surface area is 63.4 Å². The number of ether oxygens (including phenoxy) is 1. The van der Waals surface area contributed by atoms with E-state index in [9.17, 15) is 0 Å². The van der Waals surface area contributed by atoms with Crippen molar-refractivity contribution in [3.8, 4) is 0 Å². The third-order valence-electron chi connectivity index (χ3n) is 1.21. The fraction of sp³-hybridized carbons (Fsp3) is 0.556. The highest BCUT2D eigenvalue weighted by atomic mass is 16.5. The summed E-state index contributed by atoms with van der Waals surface area (Å²) in [6, 6.07) is 0. The topological polar surface area (TPSA) is 9.23 Å². The predicted molar refractivity (Wildman–Crippen MR) is 44.7 cm³/mol. The largest absolute Gasteiger partial charge is 0.494 e. The first-order chi connectivity index (χ1) is 4.48. The summed E-state index contributed by atoms with van der Waals surface area (Å²) in [7, 11) is 0. The fourth-order valence-electron chi connectivity index (χ4n) is 0.376. The molecule has 0 aliphatic rings. The second kappa shape index (κ2) is 3.45. The molecule has 58 valence electrons. The van der Waals surface area contributed by atoms with Gasteiger partial charge in [0.05, 0.1) is 5.76 Å². The van der Waals surface area contributed by atoms with Gasteiger partial charge in [-0.05, 0) is 0 Å². The lowest BCUT2D eigenvalue weighted by molar-refractivity contribution is 0.178. The minimum absolute atomic E-state index is 0.0447. The number of hydrogen-bond donors (Lipinski definition) is 0. The maximum absolute atomic E-state index is 5.24. The van der Waals surface area contributed by atoms with Gasteiger partial charge in [-0.1, -0.05) is 40.0 Å². The number of rotatable bonds is 3. The number of hydrogen-bond acceptors (Lipinski definition) is 1. The molecule has 1 nitrogen and oxygen atoms in total. The lowest BCUT2D eigenvalue weighted by Crippen LogP contribution is -2.11. The normalized spacial score (nSPS) is 10.7. The highest BCUT2D eigenvalue weighted by molar-refractivity contribution is 4.96. The zero-order valence-corrected chi connectivity index (χ0v) is 7.11. The molecule has 0 N–H and O–H groups in total. The standard InChI is InChI=1S/C9H16O/c1-6-7-10-8(2)9(3,4)5/h6H,1-2,7H2,3-5H3. The predicted octanol–water partition coefficient (Wildman–Crippen LogP) is 2.75. The van der Waals surface area contributed by atoms with Crippen LogP contribution < -0.4 is 0 Å². The summed E-state index contributed by atoms with van der Waals surface area (Å²) in [5, 5.41) is 0. The molecule has 0 unspecified atom stereocenters. The second-order valence-corrected chi connectivity index (χ2v) is 3.27. The second-order valence-electron chi connectivity index (χ2n) is 3.27. The SMILES string of the molecule is C=CCOC(=C)C(C)(C)C. The third-order valence-corrected chi connectivity index (χ3v) is 1.21. The van der Waals surface area contributed by atoms with Crippen molar-refractivity contribution in [1.29, 1.82) is 0 Å². The van der Waals surface area contributed by atoms with Gasteiger partial charge in [0, 0.05) is 5.41 Å². The smallest absolute Gasteiger partial charge is 0.106 e. The molecule has 0 radical (unpaired) electrons. The Kier molecular flexibility index (Phi) is 3.20. The van der Waals surface area contributed by atoms with Crippen LogP contribution in [0.2, 0.25) is 0 Å². The van der Waals surface area contributed by atoms with Crippen LogP contribution in [0.15, 0.2) is 25.0 Å². The first-order valence-electron chi connectivity index (χ1n) is 3.41. The van der Waals surface area contributed by atoms with E-state index in [4.69, 9.17) is 4.74 Å². The van der Waals surface area contributed by atoms with Gasteiger partial charge in [-0.2, -0.15) is 0 Å². The molecule has 0 bridgehead atoms. The Bertz CT molecular complexity index is 128. The third kappa shape index (κ3) is 3.33. The summed E-state index contributed by atoms with van der Waals surface area (Å²) < 4.78 is 5.24.